The Morgan fingerprint density at radius 3 is 2.46 bits per heavy atom. The number of nitrogens with zero attached hydrogens (tertiary/aromatic N) is 2. The first kappa shape index (κ1) is 18.6. The van der Waals surface area contributed by atoms with Crippen LogP contribution in [0.4, 0.5) is 4.39 Å². The molecule has 2 aliphatic heterocycles. The third-order valence-electron chi connectivity index (χ3n) is 4.66. The van der Waals surface area contributed by atoms with Crippen LogP contribution < -0.4 is 0 Å². The normalized spacial score (nSPS) is 20.3. The number of rotatable bonds is 3. The molecule has 0 unspecified atom stereocenters. The molecule has 1 aromatic rings. The number of hydrogen-bond donors (Lipinski definition) is 0. The number of halogens is 1. The predicted octanol–water partition coefficient (Wildman–Crippen LogP) is 2.57. The van der Waals surface area contributed by atoms with Crippen LogP contribution in [0.2, 0.25) is 0 Å². The molecular weight excluding hydrogens is 359 g/mol. The smallest absolute Gasteiger partial charge is 0.309 e. The van der Waals surface area contributed by atoms with Crippen molar-refractivity contribution in [3.8, 4) is 0 Å². The van der Waals surface area contributed by atoms with Crippen molar-refractivity contribution in [2.24, 2.45) is 10.3 Å². The van der Waals surface area contributed by atoms with Crippen LogP contribution in [0.15, 0.2) is 34.2 Å². The molecule has 140 valence electrons. The number of hydrogen-bond acceptors (Lipinski definition) is 5. The quantitative estimate of drug-likeness (QED) is 0.754. The molecule has 0 aromatic heterocycles. The Kier molecular flexibility index (Phi) is 5.13. The average Bonchev–Trinajstić information content (AvgIpc) is 2.85. The van der Waals surface area contributed by atoms with Crippen molar-refractivity contribution in [1.82, 2.24) is 4.90 Å². The summed E-state index contributed by atoms with van der Waals surface area (Å²) < 4.78 is 47.2. The first-order valence-corrected chi connectivity index (χ1v) is 10.0. The number of amidine groups is 1. The predicted molar refractivity (Wildman–Crippen MR) is 96.3 cm³/mol. The van der Waals surface area contributed by atoms with Crippen molar-refractivity contribution in [2.75, 3.05) is 19.7 Å². The highest BCUT2D eigenvalue weighted by Crippen LogP contribution is 2.34. The highest BCUT2D eigenvalue weighted by molar-refractivity contribution is 8.00. The topological polar surface area (TPSA) is 76.0 Å². The maximum atomic E-state index is 13.1. The van der Waals surface area contributed by atoms with Gasteiger partial charge in [0.2, 0.25) is 0 Å². The fourth-order valence-electron chi connectivity index (χ4n) is 3.37. The molecule has 0 N–H and O–H groups in total. The van der Waals surface area contributed by atoms with E-state index in [0.29, 0.717) is 49.5 Å². The number of likely N-dealkylation sites (tertiary alicyclic amines) is 1. The molecule has 0 aliphatic carbocycles. The van der Waals surface area contributed by atoms with Gasteiger partial charge in [-0.2, -0.15) is 8.42 Å². The lowest BCUT2D eigenvalue weighted by Gasteiger charge is -2.32. The average molecular weight is 380 g/mol. The van der Waals surface area contributed by atoms with E-state index in [9.17, 15) is 17.6 Å². The van der Waals surface area contributed by atoms with Crippen LogP contribution in [0.25, 0.3) is 4.91 Å². The number of carbonyl (C=O) groups excluding carboxylic acids is 1. The van der Waals surface area contributed by atoms with Gasteiger partial charge in [0, 0.05) is 18.7 Å². The van der Waals surface area contributed by atoms with E-state index in [2.05, 4.69) is 4.40 Å². The number of piperidine rings is 1. The fourth-order valence-corrected chi connectivity index (χ4v) is 4.86. The van der Waals surface area contributed by atoms with E-state index in [0.717, 1.165) is 0 Å². The molecule has 6 nitrogen and oxygen atoms in total. The van der Waals surface area contributed by atoms with E-state index >= 15 is 0 Å². The number of esters is 1. The number of benzene rings is 1. The van der Waals surface area contributed by atoms with Crippen molar-refractivity contribution in [3.05, 3.63) is 41.2 Å². The van der Waals surface area contributed by atoms with Crippen LogP contribution >= 0.6 is 0 Å². The van der Waals surface area contributed by atoms with Crippen LogP contribution in [0.5, 0.6) is 0 Å². The second kappa shape index (κ2) is 7.19. The van der Waals surface area contributed by atoms with Crippen LogP contribution in [0.1, 0.15) is 32.3 Å². The maximum Gasteiger partial charge on any atom is 0.309 e. The number of carbonyl (C=O) groups is 1. The van der Waals surface area contributed by atoms with Crippen LogP contribution in [0.3, 0.4) is 0 Å². The molecule has 0 spiro atoms. The molecule has 0 radical (unpaired) electrons. The molecule has 3 rings (SSSR count). The summed E-state index contributed by atoms with van der Waals surface area (Å²) in [6, 6.07) is 5.34. The zero-order chi connectivity index (χ0) is 18.9. The minimum Gasteiger partial charge on any atom is -0.466 e. The van der Waals surface area contributed by atoms with E-state index in [4.69, 9.17) is 4.74 Å². The van der Waals surface area contributed by atoms with Gasteiger partial charge in [0.15, 0.2) is 0 Å². The Labute approximate surface area is 152 Å². The molecular formula is C18H21FN2O4S. The molecule has 0 bridgehead atoms. The monoisotopic (exact) mass is 380 g/mol. The van der Waals surface area contributed by atoms with E-state index in [1.54, 1.807) is 13.8 Å². The minimum atomic E-state index is -3.83. The number of ether oxygens (including phenoxy) is 1. The standard InChI is InChI=1S/C18H21FN2O4S/c1-3-25-18(22)14-8-10-21(11-9-14)17-12(2)16(26(23,24)20-17)13-4-6-15(19)7-5-13/h4-7,14H,3,8-11H2,1-2H3. The van der Waals surface area contributed by atoms with Gasteiger partial charge >= 0.3 is 5.97 Å². The molecule has 2 heterocycles. The molecule has 0 saturated carbocycles. The fraction of sp³-hybridized carbons (Fsp3) is 0.444. The number of sulfonamides is 1. The molecule has 0 amide bonds. The zero-order valence-corrected chi connectivity index (χ0v) is 15.6. The lowest BCUT2D eigenvalue weighted by Crippen LogP contribution is -2.40. The van der Waals surface area contributed by atoms with E-state index in [-0.39, 0.29) is 16.8 Å². The summed E-state index contributed by atoms with van der Waals surface area (Å²) in [5.74, 6) is -0.380. The van der Waals surface area contributed by atoms with Crippen LogP contribution in [-0.4, -0.2) is 44.8 Å². The van der Waals surface area contributed by atoms with Crippen molar-refractivity contribution < 1.29 is 22.3 Å². The Balaban J connectivity index is 1.81. The van der Waals surface area contributed by atoms with Gasteiger partial charge in [0.05, 0.1) is 12.5 Å². The van der Waals surface area contributed by atoms with Gasteiger partial charge < -0.3 is 9.64 Å². The maximum absolute atomic E-state index is 13.1. The SMILES string of the molecule is CCOC(=O)C1CCN(C2=NS(=O)(=O)C(c3ccc(F)cc3)=C2C)CC1. The molecule has 2 aliphatic rings. The Bertz CT molecular complexity index is 867. The third kappa shape index (κ3) is 3.51. The summed E-state index contributed by atoms with van der Waals surface area (Å²) in [5, 5.41) is 0. The summed E-state index contributed by atoms with van der Waals surface area (Å²) in [7, 11) is -3.83. The Morgan fingerprint density at radius 1 is 1.27 bits per heavy atom. The van der Waals surface area contributed by atoms with Gasteiger partial charge in [-0.1, -0.05) is 12.1 Å². The van der Waals surface area contributed by atoms with Crippen molar-refractivity contribution in [1.29, 1.82) is 0 Å². The molecule has 0 atom stereocenters. The molecule has 1 saturated heterocycles. The van der Waals surface area contributed by atoms with E-state index in [1.807, 2.05) is 4.90 Å². The van der Waals surface area contributed by atoms with Crippen molar-refractivity contribution in [2.45, 2.75) is 26.7 Å². The first-order valence-electron chi connectivity index (χ1n) is 8.57. The summed E-state index contributed by atoms with van der Waals surface area (Å²) in [4.78, 5) is 13.9. The lowest BCUT2D eigenvalue weighted by molar-refractivity contribution is -0.149. The third-order valence-corrected chi connectivity index (χ3v) is 6.13. The molecule has 1 fully saturated rings. The highest BCUT2D eigenvalue weighted by atomic mass is 32.2. The molecule has 1 aromatic carbocycles. The van der Waals surface area contributed by atoms with Gasteiger partial charge in [-0.05, 0) is 44.4 Å². The largest absolute Gasteiger partial charge is 0.466 e. The van der Waals surface area contributed by atoms with Gasteiger partial charge in [-0.3, -0.25) is 4.79 Å². The van der Waals surface area contributed by atoms with Gasteiger partial charge in [-0.15, -0.1) is 4.40 Å². The summed E-state index contributed by atoms with van der Waals surface area (Å²) >= 11 is 0. The van der Waals surface area contributed by atoms with Gasteiger partial charge in [-0.25, -0.2) is 4.39 Å². The minimum absolute atomic E-state index is 0.111. The van der Waals surface area contributed by atoms with Gasteiger partial charge in [0.25, 0.3) is 10.0 Å². The second-order valence-corrected chi connectivity index (χ2v) is 7.91. The van der Waals surface area contributed by atoms with E-state index < -0.39 is 15.8 Å². The zero-order valence-electron chi connectivity index (χ0n) is 14.7. The lowest BCUT2D eigenvalue weighted by atomic mass is 9.96. The van der Waals surface area contributed by atoms with Gasteiger partial charge in [0.1, 0.15) is 16.6 Å². The molecule has 26 heavy (non-hydrogen) atoms. The summed E-state index contributed by atoms with van der Waals surface area (Å²) in [6.45, 7) is 4.90. The summed E-state index contributed by atoms with van der Waals surface area (Å²) in [5.41, 5.74) is 0.968. The summed E-state index contributed by atoms with van der Waals surface area (Å²) in [6.07, 6.45) is 1.19. The van der Waals surface area contributed by atoms with Crippen molar-refractivity contribution in [3.63, 3.8) is 0 Å². The van der Waals surface area contributed by atoms with E-state index in [1.165, 1.54) is 24.3 Å². The first-order chi connectivity index (χ1) is 12.3. The van der Waals surface area contributed by atoms with Crippen LogP contribution in [-0.2, 0) is 19.6 Å². The Morgan fingerprint density at radius 2 is 1.88 bits per heavy atom. The molecule has 8 heteroatoms. The second-order valence-electron chi connectivity index (χ2n) is 6.36. The Hall–Kier alpha value is -2.22. The van der Waals surface area contributed by atoms with Crippen LogP contribution in [0, 0.1) is 11.7 Å². The van der Waals surface area contributed by atoms with Crippen molar-refractivity contribution >= 4 is 26.7 Å². The highest BCUT2D eigenvalue weighted by Gasteiger charge is 2.35.